The number of aromatic nitrogens is 1. The Morgan fingerprint density at radius 3 is 2.44 bits per heavy atom. The van der Waals surface area contributed by atoms with Crippen LogP contribution in [0.1, 0.15) is 5.56 Å². The van der Waals surface area contributed by atoms with Gasteiger partial charge in [0.25, 0.3) is 0 Å². The molecule has 0 atom stereocenters. The zero-order valence-corrected chi connectivity index (χ0v) is 9.07. The van der Waals surface area contributed by atoms with E-state index in [4.69, 9.17) is 5.73 Å². The minimum Gasteiger partial charge on any atom is -0.507 e. The Morgan fingerprint density at radius 2 is 1.83 bits per heavy atom. The highest BCUT2D eigenvalue weighted by atomic mass is 19.4. The number of rotatable bonds is 1. The van der Waals surface area contributed by atoms with Gasteiger partial charge in [-0.05, 0) is 24.3 Å². The fourth-order valence-corrected chi connectivity index (χ4v) is 1.52. The maximum Gasteiger partial charge on any atom is 0.416 e. The van der Waals surface area contributed by atoms with Crippen molar-refractivity contribution in [2.24, 2.45) is 0 Å². The number of hydrogen-bond acceptors (Lipinski definition) is 3. The first-order chi connectivity index (χ1) is 8.38. The highest BCUT2D eigenvalue weighted by molar-refractivity contribution is 5.70. The summed E-state index contributed by atoms with van der Waals surface area (Å²) in [5, 5.41) is 9.64. The van der Waals surface area contributed by atoms with E-state index in [9.17, 15) is 18.3 Å². The van der Waals surface area contributed by atoms with Crippen molar-refractivity contribution >= 4 is 5.69 Å². The van der Waals surface area contributed by atoms with Crippen molar-refractivity contribution in [2.75, 3.05) is 5.73 Å². The lowest BCUT2D eigenvalue weighted by Gasteiger charge is -2.09. The van der Waals surface area contributed by atoms with Crippen LogP contribution >= 0.6 is 0 Å². The number of phenolic OH excluding ortho intramolecular Hbond substituents is 1. The topological polar surface area (TPSA) is 59.1 Å². The molecule has 0 bridgehead atoms. The van der Waals surface area contributed by atoms with Gasteiger partial charge in [0.1, 0.15) is 5.75 Å². The molecule has 0 fully saturated rings. The minimum atomic E-state index is -4.44. The lowest BCUT2D eigenvalue weighted by atomic mass is 10.1. The van der Waals surface area contributed by atoms with E-state index >= 15 is 0 Å². The predicted octanol–water partition coefficient (Wildman–Crippen LogP) is 3.06. The van der Waals surface area contributed by atoms with Gasteiger partial charge in [-0.25, -0.2) is 0 Å². The Morgan fingerprint density at radius 1 is 1.11 bits per heavy atom. The number of nitrogen functional groups attached to an aromatic ring is 1. The normalized spacial score (nSPS) is 11.5. The summed E-state index contributed by atoms with van der Waals surface area (Å²) in [6.45, 7) is 0. The van der Waals surface area contributed by atoms with Gasteiger partial charge in [0.15, 0.2) is 0 Å². The molecule has 2 aromatic rings. The van der Waals surface area contributed by atoms with Crippen LogP contribution in [-0.4, -0.2) is 10.1 Å². The van der Waals surface area contributed by atoms with Gasteiger partial charge in [0, 0.05) is 23.5 Å². The summed E-state index contributed by atoms with van der Waals surface area (Å²) in [5.41, 5.74) is 5.20. The van der Waals surface area contributed by atoms with Crippen molar-refractivity contribution in [1.82, 2.24) is 4.98 Å². The SMILES string of the molecule is Nc1ccc(-c2cc(C(F)(F)F)ccn2)c(O)c1. The number of alkyl halides is 3. The summed E-state index contributed by atoms with van der Waals surface area (Å²) < 4.78 is 37.6. The van der Waals surface area contributed by atoms with Gasteiger partial charge in [-0.1, -0.05) is 0 Å². The largest absolute Gasteiger partial charge is 0.507 e. The molecular weight excluding hydrogens is 245 g/mol. The summed E-state index contributed by atoms with van der Waals surface area (Å²) in [5.74, 6) is -0.207. The van der Waals surface area contributed by atoms with Gasteiger partial charge in [-0.15, -0.1) is 0 Å². The van der Waals surface area contributed by atoms with E-state index < -0.39 is 11.7 Å². The molecule has 0 amide bonds. The van der Waals surface area contributed by atoms with Crippen molar-refractivity contribution < 1.29 is 18.3 Å². The summed E-state index contributed by atoms with van der Waals surface area (Å²) >= 11 is 0. The molecule has 0 aliphatic rings. The molecule has 0 saturated heterocycles. The smallest absolute Gasteiger partial charge is 0.416 e. The quantitative estimate of drug-likeness (QED) is 0.769. The standard InChI is InChI=1S/C12H9F3N2O/c13-12(14,15)7-3-4-17-10(5-7)9-2-1-8(16)6-11(9)18/h1-6,18H,16H2. The van der Waals surface area contributed by atoms with E-state index in [0.29, 0.717) is 5.69 Å². The number of pyridine rings is 1. The summed E-state index contributed by atoms with van der Waals surface area (Å²) in [6.07, 6.45) is -3.39. The van der Waals surface area contributed by atoms with E-state index in [0.717, 1.165) is 18.3 Å². The zero-order chi connectivity index (χ0) is 13.3. The number of nitrogens with zero attached hydrogens (tertiary/aromatic N) is 1. The van der Waals surface area contributed by atoms with Crippen molar-refractivity contribution in [2.45, 2.75) is 6.18 Å². The zero-order valence-electron chi connectivity index (χ0n) is 9.07. The van der Waals surface area contributed by atoms with Crippen molar-refractivity contribution in [3.63, 3.8) is 0 Å². The molecule has 1 heterocycles. The highest BCUT2D eigenvalue weighted by Crippen LogP contribution is 2.34. The van der Waals surface area contributed by atoms with Gasteiger partial charge in [-0.3, -0.25) is 4.98 Å². The Hall–Kier alpha value is -2.24. The number of hydrogen-bond donors (Lipinski definition) is 2. The molecule has 0 spiro atoms. The van der Waals surface area contributed by atoms with Crippen molar-refractivity contribution in [3.8, 4) is 17.0 Å². The third kappa shape index (κ3) is 2.37. The average Bonchev–Trinajstić information content (AvgIpc) is 2.28. The van der Waals surface area contributed by atoms with Crippen LogP contribution in [0.4, 0.5) is 18.9 Å². The molecule has 0 aliphatic heterocycles. The van der Waals surface area contributed by atoms with Crippen LogP contribution in [0.5, 0.6) is 5.75 Å². The van der Waals surface area contributed by atoms with E-state index in [1.54, 1.807) is 0 Å². The number of nitrogens with two attached hydrogens (primary N) is 1. The number of aromatic hydroxyl groups is 1. The molecule has 0 aliphatic carbocycles. The third-order valence-electron chi connectivity index (χ3n) is 2.39. The number of phenols is 1. The van der Waals surface area contributed by atoms with Gasteiger partial charge in [0.2, 0.25) is 0 Å². The van der Waals surface area contributed by atoms with Crippen LogP contribution in [0.2, 0.25) is 0 Å². The molecule has 1 aromatic heterocycles. The van der Waals surface area contributed by atoms with E-state index in [-0.39, 0.29) is 17.0 Å². The van der Waals surface area contributed by atoms with Gasteiger partial charge in [0.05, 0.1) is 11.3 Å². The molecule has 94 valence electrons. The van der Waals surface area contributed by atoms with Gasteiger partial charge >= 0.3 is 6.18 Å². The first kappa shape index (κ1) is 12.2. The fourth-order valence-electron chi connectivity index (χ4n) is 1.52. The number of anilines is 1. The van der Waals surface area contributed by atoms with Crippen LogP contribution in [0.3, 0.4) is 0 Å². The molecule has 0 radical (unpaired) electrons. The first-order valence-electron chi connectivity index (χ1n) is 5.00. The lowest BCUT2D eigenvalue weighted by molar-refractivity contribution is -0.137. The maximum atomic E-state index is 12.5. The predicted molar refractivity (Wildman–Crippen MR) is 60.8 cm³/mol. The first-order valence-corrected chi connectivity index (χ1v) is 5.00. The molecule has 18 heavy (non-hydrogen) atoms. The molecule has 2 rings (SSSR count). The molecule has 6 heteroatoms. The van der Waals surface area contributed by atoms with Crippen LogP contribution in [0.25, 0.3) is 11.3 Å². The Kier molecular flexibility index (Phi) is 2.86. The molecular formula is C12H9F3N2O. The van der Waals surface area contributed by atoms with E-state index in [1.165, 1.54) is 18.2 Å². The van der Waals surface area contributed by atoms with Crippen LogP contribution in [-0.2, 0) is 6.18 Å². The molecule has 1 aromatic carbocycles. The average molecular weight is 254 g/mol. The van der Waals surface area contributed by atoms with Crippen molar-refractivity contribution in [3.05, 3.63) is 42.1 Å². The Bertz CT molecular complexity index is 582. The minimum absolute atomic E-state index is 0.0438. The van der Waals surface area contributed by atoms with Gasteiger partial charge < -0.3 is 10.8 Å². The molecule has 3 nitrogen and oxygen atoms in total. The maximum absolute atomic E-state index is 12.5. The van der Waals surface area contributed by atoms with Crippen LogP contribution < -0.4 is 5.73 Å². The van der Waals surface area contributed by atoms with Crippen LogP contribution in [0.15, 0.2) is 36.5 Å². The second-order valence-electron chi connectivity index (χ2n) is 3.70. The number of benzene rings is 1. The monoisotopic (exact) mass is 254 g/mol. The van der Waals surface area contributed by atoms with Crippen LogP contribution in [0, 0.1) is 0 Å². The summed E-state index contributed by atoms with van der Waals surface area (Å²) in [4.78, 5) is 3.81. The Labute approximate surface area is 101 Å². The van der Waals surface area contributed by atoms with E-state index in [1.807, 2.05) is 0 Å². The Balaban J connectivity index is 2.51. The molecule has 3 N–H and O–H groups in total. The third-order valence-corrected chi connectivity index (χ3v) is 2.39. The second kappa shape index (κ2) is 4.21. The molecule has 0 saturated carbocycles. The van der Waals surface area contributed by atoms with E-state index in [2.05, 4.69) is 4.98 Å². The lowest BCUT2D eigenvalue weighted by Crippen LogP contribution is -2.05. The number of halogens is 3. The summed E-state index contributed by atoms with van der Waals surface area (Å²) in [6, 6.07) is 5.92. The fraction of sp³-hybridized carbons (Fsp3) is 0.0833. The van der Waals surface area contributed by atoms with Crippen molar-refractivity contribution in [1.29, 1.82) is 0 Å². The van der Waals surface area contributed by atoms with Gasteiger partial charge in [-0.2, -0.15) is 13.2 Å². The summed E-state index contributed by atoms with van der Waals surface area (Å²) in [7, 11) is 0. The highest BCUT2D eigenvalue weighted by Gasteiger charge is 2.30. The second-order valence-corrected chi connectivity index (χ2v) is 3.70. The molecule has 0 unspecified atom stereocenters.